The van der Waals surface area contributed by atoms with Crippen LogP contribution in [0, 0.1) is 0 Å². The van der Waals surface area contributed by atoms with E-state index in [0.717, 1.165) is 12.8 Å². The van der Waals surface area contributed by atoms with Crippen molar-refractivity contribution >= 4 is 34.8 Å². The predicted molar refractivity (Wildman–Crippen MR) is 91.5 cm³/mol. The minimum Gasteiger partial charge on any atom is -0.480 e. The number of H-pyrrole nitrogens is 2. The first-order valence-electron chi connectivity index (χ1n) is 8.28. The summed E-state index contributed by atoms with van der Waals surface area (Å²) >= 11 is 0. The van der Waals surface area contributed by atoms with Gasteiger partial charge in [-0.2, -0.15) is 0 Å². The molecule has 1 unspecified atom stereocenters. The molecule has 26 heavy (non-hydrogen) atoms. The van der Waals surface area contributed by atoms with E-state index in [0.29, 0.717) is 11.2 Å². The molecule has 0 aromatic carbocycles. The zero-order chi connectivity index (χ0) is 18.8. The summed E-state index contributed by atoms with van der Waals surface area (Å²) in [6.45, 7) is 1.47. The van der Waals surface area contributed by atoms with Crippen LogP contribution in [-0.4, -0.2) is 54.8 Å². The summed E-state index contributed by atoms with van der Waals surface area (Å²) in [4.78, 5) is 57.2. The number of carboxylic acid groups (broad SMARTS) is 1. The van der Waals surface area contributed by atoms with Crippen molar-refractivity contribution in [2.45, 2.75) is 44.7 Å². The Morgan fingerprint density at radius 2 is 2.04 bits per heavy atom. The van der Waals surface area contributed by atoms with Crippen LogP contribution < -0.4 is 11.0 Å². The van der Waals surface area contributed by atoms with E-state index in [4.69, 9.17) is 5.11 Å². The number of nitrogens with one attached hydrogen (secondary N) is 3. The number of nitrogens with zero attached hydrogens (tertiary/aromatic N) is 2. The molecule has 1 saturated carbocycles. The van der Waals surface area contributed by atoms with E-state index >= 15 is 0 Å². The minimum atomic E-state index is -1.06. The van der Waals surface area contributed by atoms with Gasteiger partial charge < -0.3 is 20.3 Å². The molecule has 1 aliphatic rings. The molecule has 10 nitrogen and oxygen atoms in total. The number of anilines is 1. The van der Waals surface area contributed by atoms with E-state index in [1.807, 2.05) is 0 Å². The lowest BCUT2D eigenvalue weighted by Gasteiger charge is -2.26. The Labute approximate surface area is 147 Å². The van der Waals surface area contributed by atoms with Gasteiger partial charge >= 0.3 is 11.7 Å². The Morgan fingerprint density at radius 3 is 2.69 bits per heavy atom. The van der Waals surface area contributed by atoms with Crippen LogP contribution in [0.4, 0.5) is 5.82 Å². The van der Waals surface area contributed by atoms with Gasteiger partial charge in [0.1, 0.15) is 11.9 Å². The number of rotatable bonds is 7. The van der Waals surface area contributed by atoms with Crippen LogP contribution in [-0.2, 0) is 14.4 Å². The number of hydrogen-bond acceptors (Lipinski definition) is 5. The maximum atomic E-state index is 12.3. The first-order valence-corrected chi connectivity index (χ1v) is 8.28. The second-order valence-corrected chi connectivity index (χ2v) is 6.27. The van der Waals surface area contributed by atoms with E-state index < -0.39 is 23.6 Å². The highest BCUT2D eigenvalue weighted by molar-refractivity contribution is 5.94. The molecule has 0 spiro atoms. The second kappa shape index (κ2) is 6.98. The fraction of sp³-hybridized carbons (Fsp3) is 0.438. The van der Waals surface area contributed by atoms with Crippen molar-refractivity contribution in [1.82, 2.24) is 19.9 Å². The fourth-order valence-electron chi connectivity index (χ4n) is 2.75. The molecular weight excluding hydrogens is 342 g/mol. The van der Waals surface area contributed by atoms with Crippen LogP contribution in [0.5, 0.6) is 0 Å². The lowest BCUT2D eigenvalue weighted by atomic mass is 10.2. The first kappa shape index (κ1) is 17.6. The molecule has 4 N–H and O–H groups in total. The third-order valence-electron chi connectivity index (χ3n) is 4.21. The van der Waals surface area contributed by atoms with Gasteiger partial charge in [0.2, 0.25) is 11.8 Å². The van der Waals surface area contributed by atoms with Gasteiger partial charge in [-0.05, 0) is 31.9 Å². The molecule has 1 fully saturated rings. The van der Waals surface area contributed by atoms with E-state index in [-0.39, 0.29) is 30.6 Å². The number of carbonyl (C=O) groups excluding carboxylic acids is 2. The number of hydrogen-bond donors (Lipinski definition) is 4. The van der Waals surface area contributed by atoms with Gasteiger partial charge in [-0.25, -0.2) is 14.6 Å². The van der Waals surface area contributed by atoms with Crippen LogP contribution >= 0.6 is 0 Å². The number of aliphatic carboxylic acids is 1. The van der Waals surface area contributed by atoms with Crippen molar-refractivity contribution in [2.24, 2.45) is 0 Å². The molecule has 2 amide bonds. The maximum absolute atomic E-state index is 12.3. The summed E-state index contributed by atoms with van der Waals surface area (Å²) in [5, 5.41) is 11.7. The van der Waals surface area contributed by atoms with Crippen molar-refractivity contribution in [2.75, 3.05) is 5.32 Å². The van der Waals surface area contributed by atoms with Crippen molar-refractivity contribution in [3.8, 4) is 0 Å². The molecule has 138 valence electrons. The van der Waals surface area contributed by atoms with Crippen LogP contribution in [0.1, 0.15) is 32.6 Å². The monoisotopic (exact) mass is 361 g/mol. The Bertz CT molecular complexity index is 913. The summed E-state index contributed by atoms with van der Waals surface area (Å²) < 4.78 is 0. The second-order valence-electron chi connectivity index (χ2n) is 6.27. The Kier molecular flexibility index (Phi) is 4.74. The standard InChI is InChI=1S/C16H19N5O5/c1-8(15(24)25)21(9-2-3-9)13(23)7-6-12(22)18-11-5-4-10-14(19-11)20-16(26)17-10/h4-5,8-9H,2-3,6-7H2,1H3,(H,24,25)(H3,17,18,19,20,22,26). The van der Waals surface area contributed by atoms with Crippen LogP contribution in [0.3, 0.4) is 0 Å². The molecule has 2 aromatic heterocycles. The van der Waals surface area contributed by atoms with Crippen molar-refractivity contribution in [3.05, 3.63) is 22.6 Å². The average molecular weight is 361 g/mol. The third-order valence-corrected chi connectivity index (χ3v) is 4.21. The minimum absolute atomic E-state index is 0.0499. The molecule has 2 heterocycles. The molecule has 3 rings (SSSR count). The summed E-state index contributed by atoms with van der Waals surface area (Å²) in [7, 11) is 0. The summed E-state index contributed by atoms with van der Waals surface area (Å²) in [6, 6.07) is 2.18. The molecule has 0 saturated heterocycles. The highest BCUT2D eigenvalue weighted by atomic mass is 16.4. The highest BCUT2D eigenvalue weighted by Crippen LogP contribution is 2.29. The predicted octanol–water partition coefficient (Wildman–Crippen LogP) is 0.434. The number of aromatic amines is 2. The zero-order valence-corrected chi connectivity index (χ0v) is 14.1. The lowest BCUT2D eigenvalue weighted by molar-refractivity contribution is -0.150. The van der Waals surface area contributed by atoms with Crippen molar-refractivity contribution in [1.29, 1.82) is 0 Å². The van der Waals surface area contributed by atoms with Gasteiger partial charge in [0, 0.05) is 18.9 Å². The number of carboxylic acids is 1. The largest absolute Gasteiger partial charge is 0.480 e. The van der Waals surface area contributed by atoms with Gasteiger partial charge in [0.15, 0.2) is 5.65 Å². The SMILES string of the molecule is CC(C(=O)O)N(C(=O)CCC(=O)Nc1ccc2[nH]c(=O)[nH]c2n1)C1CC1. The summed E-state index contributed by atoms with van der Waals surface area (Å²) in [6.07, 6.45) is 1.41. The van der Waals surface area contributed by atoms with E-state index in [1.54, 1.807) is 6.07 Å². The van der Waals surface area contributed by atoms with Crippen LogP contribution in [0.15, 0.2) is 16.9 Å². The van der Waals surface area contributed by atoms with Gasteiger partial charge in [0.25, 0.3) is 0 Å². The quantitative estimate of drug-likeness (QED) is 0.562. The van der Waals surface area contributed by atoms with Crippen LogP contribution in [0.2, 0.25) is 0 Å². The topological polar surface area (TPSA) is 148 Å². The first-order chi connectivity index (χ1) is 12.3. The van der Waals surface area contributed by atoms with Gasteiger partial charge in [-0.3, -0.25) is 14.6 Å². The zero-order valence-electron chi connectivity index (χ0n) is 14.1. The number of carbonyl (C=O) groups is 3. The normalized spacial score (nSPS) is 14.8. The number of imidazole rings is 1. The molecule has 0 radical (unpaired) electrons. The van der Waals surface area contributed by atoms with Crippen LogP contribution in [0.25, 0.3) is 11.2 Å². The van der Waals surface area contributed by atoms with E-state index in [9.17, 15) is 19.2 Å². The van der Waals surface area contributed by atoms with Gasteiger partial charge in [-0.15, -0.1) is 0 Å². The molecule has 10 heteroatoms. The third kappa shape index (κ3) is 3.90. The molecule has 0 aliphatic heterocycles. The number of aromatic nitrogens is 3. The fourth-order valence-corrected chi connectivity index (χ4v) is 2.75. The smallest absolute Gasteiger partial charge is 0.326 e. The van der Waals surface area contributed by atoms with Crippen molar-refractivity contribution in [3.63, 3.8) is 0 Å². The Hall–Kier alpha value is -3.17. The van der Waals surface area contributed by atoms with Crippen molar-refractivity contribution < 1.29 is 19.5 Å². The van der Waals surface area contributed by atoms with Gasteiger partial charge in [-0.1, -0.05) is 0 Å². The van der Waals surface area contributed by atoms with E-state index in [1.165, 1.54) is 17.9 Å². The maximum Gasteiger partial charge on any atom is 0.326 e. The lowest BCUT2D eigenvalue weighted by Crippen LogP contribution is -2.44. The highest BCUT2D eigenvalue weighted by Gasteiger charge is 2.38. The Morgan fingerprint density at radius 1 is 1.31 bits per heavy atom. The number of fused-ring (bicyclic) bond motifs is 1. The molecule has 2 aromatic rings. The summed E-state index contributed by atoms with van der Waals surface area (Å²) in [5.41, 5.74) is 0.444. The van der Waals surface area contributed by atoms with Gasteiger partial charge in [0.05, 0.1) is 5.52 Å². The number of amides is 2. The number of pyridine rings is 1. The molecular formula is C16H19N5O5. The molecule has 1 aliphatic carbocycles. The summed E-state index contributed by atoms with van der Waals surface area (Å²) in [5.74, 6) is -1.58. The van der Waals surface area contributed by atoms with E-state index in [2.05, 4.69) is 20.3 Å². The molecule has 1 atom stereocenters. The average Bonchev–Trinajstić information content (AvgIpc) is 3.33. The Balaban J connectivity index is 1.57. The molecule has 0 bridgehead atoms.